The summed E-state index contributed by atoms with van der Waals surface area (Å²) in [5.41, 5.74) is 18.4. The fraction of sp³-hybridized carbons (Fsp3) is 0.308. The molecule has 0 heteroatoms. The van der Waals surface area contributed by atoms with E-state index in [0.29, 0.717) is 47.3 Å². The van der Waals surface area contributed by atoms with Gasteiger partial charge in [0.05, 0.1) is 0 Å². The molecule has 7 aliphatic rings. The summed E-state index contributed by atoms with van der Waals surface area (Å²) >= 11 is 0. The van der Waals surface area contributed by atoms with Crippen LogP contribution < -0.4 is 20.9 Å². The molecule has 4 atom stereocenters. The Morgan fingerprint density at radius 1 is 0.481 bits per heavy atom. The second-order valence-corrected chi connectivity index (χ2v) is 17.9. The fourth-order valence-electron chi connectivity index (χ4n) is 11.4. The Labute approximate surface area is 308 Å². The maximum absolute atomic E-state index is 2.64. The van der Waals surface area contributed by atoms with Gasteiger partial charge in [-0.25, -0.2) is 0 Å². The van der Waals surface area contributed by atoms with Crippen molar-refractivity contribution in [3.05, 3.63) is 151 Å². The van der Waals surface area contributed by atoms with E-state index in [9.17, 15) is 0 Å². The smallest absolute Gasteiger partial charge is 0.0214 e. The third kappa shape index (κ3) is 3.89. The number of hydrogen-bond donors (Lipinski definition) is 0. The molecule has 0 radical (unpaired) electrons. The van der Waals surface area contributed by atoms with Crippen LogP contribution in [0.2, 0.25) is 0 Å². The van der Waals surface area contributed by atoms with E-state index in [1.807, 2.05) is 0 Å². The molecule has 0 aliphatic heterocycles. The van der Waals surface area contributed by atoms with Gasteiger partial charge < -0.3 is 0 Å². The average molecular weight is 673 g/mol. The van der Waals surface area contributed by atoms with Gasteiger partial charge >= 0.3 is 0 Å². The lowest BCUT2D eigenvalue weighted by Gasteiger charge is -2.40. The van der Waals surface area contributed by atoms with Gasteiger partial charge in [-0.1, -0.05) is 116 Å². The first-order valence-corrected chi connectivity index (χ1v) is 20.0. The number of rotatable bonds is 4. The van der Waals surface area contributed by atoms with E-state index in [-0.39, 0.29) is 0 Å². The molecule has 0 fully saturated rings. The second kappa shape index (κ2) is 10.5. The molecule has 4 aromatic carbocycles. The standard InChI is InChI=1S/C52H48/c1-25(2)32-15-31-13-14-35(26(3)4)48-43-21-34-20-40-44(22-33(34)19-39(43)41(18-32)47(31)48)50-37(28(7)8)23-45-38-16-29-11-9-10-12-30(29)17-42(38)49-36(27(5)6)24-46(40)52(50)51(45)49/h9-28,31,47,51-52H,1-8H3. The molecule has 0 heterocycles. The first kappa shape index (κ1) is 30.9. The first-order chi connectivity index (χ1) is 25.1. The maximum Gasteiger partial charge on any atom is 0.0214 e. The summed E-state index contributed by atoms with van der Waals surface area (Å²) in [7, 11) is 0. The van der Waals surface area contributed by atoms with Gasteiger partial charge in [0.15, 0.2) is 0 Å². The van der Waals surface area contributed by atoms with Crippen molar-refractivity contribution in [2.45, 2.75) is 55.4 Å². The van der Waals surface area contributed by atoms with Gasteiger partial charge in [-0.05, 0) is 169 Å². The van der Waals surface area contributed by atoms with Gasteiger partial charge in [0.1, 0.15) is 0 Å². The second-order valence-electron chi connectivity index (χ2n) is 17.9. The predicted molar refractivity (Wildman–Crippen MR) is 222 cm³/mol. The molecule has 0 bridgehead atoms. The normalized spacial score (nSPS) is 24.6. The van der Waals surface area contributed by atoms with Crippen LogP contribution in [0.15, 0.2) is 119 Å². The highest BCUT2D eigenvalue weighted by molar-refractivity contribution is 6.06. The average Bonchev–Trinajstić information content (AvgIpc) is 3.73. The number of allylic oxidation sites excluding steroid dienone is 12. The molecular formula is C52H48. The zero-order chi connectivity index (χ0) is 35.5. The summed E-state index contributed by atoms with van der Waals surface area (Å²) in [5, 5.41) is 11.3. The Morgan fingerprint density at radius 3 is 1.58 bits per heavy atom. The summed E-state index contributed by atoms with van der Waals surface area (Å²) in [6.07, 6.45) is 15.4. The quantitative estimate of drug-likeness (QED) is 0.203. The zero-order valence-electron chi connectivity index (χ0n) is 31.9. The number of hydrogen-bond acceptors (Lipinski definition) is 0. The van der Waals surface area contributed by atoms with Gasteiger partial charge in [-0.15, -0.1) is 0 Å². The van der Waals surface area contributed by atoms with Gasteiger partial charge in [-0.3, -0.25) is 0 Å². The van der Waals surface area contributed by atoms with E-state index in [0.717, 1.165) is 0 Å². The number of fused-ring (bicyclic) bond motifs is 7. The highest BCUT2D eigenvalue weighted by atomic mass is 14.5. The van der Waals surface area contributed by atoms with Crippen LogP contribution in [0.3, 0.4) is 0 Å². The molecule has 4 aromatic rings. The lowest BCUT2D eigenvalue weighted by atomic mass is 9.63. The molecule has 52 heavy (non-hydrogen) atoms. The van der Waals surface area contributed by atoms with Crippen molar-refractivity contribution in [2.75, 3.05) is 0 Å². The van der Waals surface area contributed by atoms with Crippen LogP contribution in [0.5, 0.6) is 0 Å². The van der Waals surface area contributed by atoms with Crippen molar-refractivity contribution in [1.29, 1.82) is 0 Å². The molecule has 0 nitrogen and oxygen atoms in total. The molecule has 0 amide bonds. The molecule has 11 rings (SSSR count). The van der Waals surface area contributed by atoms with E-state index < -0.39 is 0 Å². The van der Waals surface area contributed by atoms with Crippen LogP contribution in [-0.2, 0) is 0 Å². The summed E-state index contributed by atoms with van der Waals surface area (Å²) in [6, 6.07) is 24.3. The predicted octanol–water partition coefficient (Wildman–Crippen LogP) is 9.95. The lowest BCUT2D eigenvalue weighted by Crippen LogP contribution is -2.29. The van der Waals surface area contributed by atoms with Crippen LogP contribution >= 0.6 is 0 Å². The highest BCUT2D eigenvalue weighted by Crippen LogP contribution is 2.58. The Balaban J connectivity index is 1.24. The van der Waals surface area contributed by atoms with Crippen molar-refractivity contribution >= 4 is 55.0 Å². The topological polar surface area (TPSA) is 0 Å². The minimum Gasteiger partial charge on any atom is -0.0764 e. The Kier molecular flexibility index (Phi) is 6.22. The van der Waals surface area contributed by atoms with Gasteiger partial charge in [0, 0.05) is 23.7 Å². The van der Waals surface area contributed by atoms with Crippen molar-refractivity contribution in [2.24, 2.45) is 47.3 Å². The van der Waals surface area contributed by atoms with Gasteiger partial charge in [-0.2, -0.15) is 0 Å². The third-order valence-electron chi connectivity index (χ3n) is 13.8. The van der Waals surface area contributed by atoms with E-state index in [1.165, 1.54) is 75.8 Å². The molecule has 7 aliphatic carbocycles. The van der Waals surface area contributed by atoms with E-state index in [1.54, 1.807) is 33.4 Å². The first-order valence-electron chi connectivity index (χ1n) is 20.0. The summed E-state index contributed by atoms with van der Waals surface area (Å²) in [6.45, 7) is 19.1. The Morgan fingerprint density at radius 2 is 1.02 bits per heavy atom. The monoisotopic (exact) mass is 672 g/mol. The summed E-state index contributed by atoms with van der Waals surface area (Å²) < 4.78 is 0. The maximum atomic E-state index is 2.64. The van der Waals surface area contributed by atoms with Crippen molar-refractivity contribution in [3.63, 3.8) is 0 Å². The minimum atomic E-state index is 0.368. The van der Waals surface area contributed by atoms with Gasteiger partial charge in [0.25, 0.3) is 0 Å². The molecule has 0 saturated carbocycles. The van der Waals surface area contributed by atoms with Crippen LogP contribution in [0.4, 0.5) is 0 Å². The van der Waals surface area contributed by atoms with E-state index in [4.69, 9.17) is 0 Å². The fourth-order valence-corrected chi connectivity index (χ4v) is 11.4. The lowest BCUT2D eigenvalue weighted by molar-refractivity contribution is 0.655. The van der Waals surface area contributed by atoms with Crippen molar-refractivity contribution in [3.8, 4) is 0 Å². The molecule has 0 saturated heterocycles. The Hall–Kier alpha value is -4.68. The molecule has 0 spiro atoms. The van der Waals surface area contributed by atoms with Crippen molar-refractivity contribution in [1.82, 2.24) is 0 Å². The number of benzene rings is 4. The SMILES string of the molecule is CC(C)C1=CC2C=CC(C(C)C)=C3c4cc5cc6c(cc5cc4C(=C1)C32)=C1C(C(C)C)=CC2=c3cc4ccccc4cc3=C3C(C(C)C)=CC=6C1C23. The van der Waals surface area contributed by atoms with Crippen LogP contribution in [0, 0.1) is 47.3 Å². The largest absolute Gasteiger partial charge is 0.0764 e. The molecule has 4 unspecified atom stereocenters. The minimum absolute atomic E-state index is 0.368. The van der Waals surface area contributed by atoms with Gasteiger partial charge in [0.2, 0.25) is 0 Å². The summed E-state index contributed by atoms with van der Waals surface area (Å²) in [4.78, 5) is 0. The molecule has 256 valence electrons. The summed E-state index contributed by atoms with van der Waals surface area (Å²) in [5.74, 6) is 3.52. The molecule has 0 N–H and O–H groups in total. The third-order valence-corrected chi connectivity index (χ3v) is 13.8. The van der Waals surface area contributed by atoms with Crippen molar-refractivity contribution < 1.29 is 0 Å². The van der Waals surface area contributed by atoms with E-state index in [2.05, 4.69) is 153 Å². The van der Waals surface area contributed by atoms with Crippen LogP contribution in [0.25, 0.3) is 55.0 Å². The van der Waals surface area contributed by atoms with E-state index >= 15 is 0 Å². The molecular weight excluding hydrogens is 625 g/mol. The highest BCUT2D eigenvalue weighted by Gasteiger charge is 2.47. The van der Waals surface area contributed by atoms with Crippen LogP contribution in [0.1, 0.15) is 66.5 Å². The Bertz CT molecular complexity index is 2840. The molecule has 0 aromatic heterocycles. The zero-order valence-corrected chi connectivity index (χ0v) is 31.9. The van der Waals surface area contributed by atoms with Crippen LogP contribution in [-0.4, -0.2) is 0 Å².